The number of nitrogens with zero attached hydrogens (tertiary/aromatic N) is 2. The summed E-state index contributed by atoms with van der Waals surface area (Å²) < 4.78 is 0. The Bertz CT molecular complexity index is 648. The first-order valence-corrected chi connectivity index (χ1v) is 5.36. The largest absolute Gasteiger partial charge is 0.399 e. The molecule has 0 radical (unpaired) electrons. The van der Waals surface area contributed by atoms with Crippen LogP contribution in [0.5, 0.6) is 0 Å². The Hall–Kier alpha value is -2.34. The third kappa shape index (κ3) is 2.11. The third-order valence-electron chi connectivity index (χ3n) is 2.73. The van der Waals surface area contributed by atoms with E-state index in [4.69, 9.17) is 11.0 Å². The van der Waals surface area contributed by atoms with E-state index in [-0.39, 0.29) is 0 Å². The highest BCUT2D eigenvalue weighted by molar-refractivity contribution is 5.99. The highest BCUT2D eigenvalue weighted by Gasteiger charge is 2.03. The maximum absolute atomic E-state index is 8.74. The van der Waals surface area contributed by atoms with Gasteiger partial charge < -0.3 is 5.73 Å². The summed E-state index contributed by atoms with van der Waals surface area (Å²) in [4.78, 5) is 4.27. The van der Waals surface area contributed by atoms with Crippen molar-refractivity contribution < 1.29 is 0 Å². The minimum absolute atomic E-state index is 0.461. The molecule has 0 atom stereocenters. The number of nitriles is 1. The van der Waals surface area contributed by atoms with Crippen molar-refractivity contribution in [2.75, 3.05) is 5.73 Å². The summed E-state index contributed by atoms with van der Waals surface area (Å²) >= 11 is 0. The van der Waals surface area contributed by atoms with Crippen LogP contribution in [0.15, 0.2) is 35.3 Å². The van der Waals surface area contributed by atoms with Gasteiger partial charge >= 0.3 is 0 Å². The highest BCUT2D eigenvalue weighted by atomic mass is 14.7. The zero-order valence-electron chi connectivity index (χ0n) is 9.86. The summed E-state index contributed by atoms with van der Waals surface area (Å²) in [5.41, 5.74) is 8.86. The molecule has 84 valence electrons. The van der Waals surface area contributed by atoms with Crippen LogP contribution in [0.25, 0.3) is 10.8 Å². The number of aliphatic imine (C=N–C) groups is 1. The van der Waals surface area contributed by atoms with Crippen molar-refractivity contribution in [3.05, 3.63) is 35.9 Å². The van der Waals surface area contributed by atoms with Crippen LogP contribution in [0.1, 0.15) is 12.5 Å². The molecule has 3 heteroatoms. The molecule has 0 bridgehead atoms. The summed E-state index contributed by atoms with van der Waals surface area (Å²) in [5, 5.41) is 10.9. The summed E-state index contributed by atoms with van der Waals surface area (Å²) in [5.74, 6) is 0. The number of nitrogen functional groups attached to an aromatic ring is 1. The molecule has 0 amide bonds. The fraction of sp³-hybridized carbons (Fsp3) is 0.143. The quantitative estimate of drug-likeness (QED) is 0.595. The van der Waals surface area contributed by atoms with Gasteiger partial charge in [-0.3, -0.25) is 0 Å². The molecule has 0 spiro atoms. The SMILES string of the molecule is CC(C#N)=Nc1ccc2cc(N)ccc2c1C. The molecular weight excluding hydrogens is 210 g/mol. The number of hydrogen-bond acceptors (Lipinski definition) is 3. The second-order valence-corrected chi connectivity index (χ2v) is 4.00. The Labute approximate surface area is 100 Å². The lowest BCUT2D eigenvalue weighted by Crippen LogP contribution is -1.88. The van der Waals surface area contributed by atoms with Crippen molar-refractivity contribution >= 4 is 27.9 Å². The van der Waals surface area contributed by atoms with Crippen LogP contribution in [0.3, 0.4) is 0 Å². The van der Waals surface area contributed by atoms with Gasteiger partial charge in [0.05, 0.1) is 5.69 Å². The molecule has 0 heterocycles. The van der Waals surface area contributed by atoms with Gasteiger partial charge in [0.2, 0.25) is 0 Å². The smallest absolute Gasteiger partial charge is 0.115 e. The lowest BCUT2D eigenvalue weighted by molar-refractivity contribution is 1.42. The molecule has 2 aromatic carbocycles. The zero-order chi connectivity index (χ0) is 12.4. The van der Waals surface area contributed by atoms with E-state index in [0.717, 1.165) is 27.7 Å². The van der Waals surface area contributed by atoms with Crippen LogP contribution in [-0.4, -0.2) is 5.71 Å². The van der Waals surface area contributed by atoms with Crippen molar-refractivity contribution in [3.63, 3.8) is 0 Å². The second kappa shape index (κ2) is 4.26. The van der Waals surface area contributed by atoms with Crippen LogP contribution in [0, 0.1) is 18.3 Å². The predicted molar refractivity (Wildman–Crippen MR) is 71.5 cm³/mol. The first kappa shape index (κ1) is 11.2. The number of anilines is 1. The van der Waals surface area contributed by atoms with E-state index in [1.807, 2.05) is 43.3 Å². The van der Waals surface area contributed by atoms with Crippen molar-refractivity contribution in [2.24, 2.45) is 4.99 Å². The highest BCUT2D eigenvalue weighted by Crippen LogP contribution is 2.28. The molecule has 0 aliphatic rings. The molecule has 0 unspecified atom stereocenters. The standard InChI is InChI=1S/C14H13N3/c1-9(8-15)17-14-6-3-11-7-12(16)4-5-13(11)10(14)2/h3-7H,16H2,1-2H3. The number of nitrogens with two attached hydrogens (primary N) is 1. The molecule has 2 N–H and O–H groups in total. The maximum Gasteiger partial charge on any atom is 0.115 e. The minimum Gasteiger partial charge on any atom is -0.399 e. The fourth-order valence-electron chi connectivity index (χ4n) is 1.82. The van der Waals surface area contributed by atoms with E-state index >= 15 is 0 Å². The lowest BCUT2D eigenvalue weighted by Gasteiger charge is -2.06. The average Bonchev–Trinajstić information content (AvgIpc) is 2.32. The van der Waals surface area contributed by atoms with E-state index in [1.54, 1.807) is 6.92 Å². The van der Waals surface area contributed by atoms with Crippen molar-refractivity contribution in [1.82, 2.24) is 0 Å². The van der Waals surface area contributed by atoms with Gasteiger partial charge in [0.1, 0.15) is 11.8 Å². The van der Waals surface area contributed by atoms with E-state index < -0.39 is 0 Å². The van der Waals surface area contributed by atoms with Crippen molar-refractivity contribution in [3.8, 4) is 6.07 Å². The monoisotopic (exact) mass is 223 g/mol. The zero-order valence-corrected chi connectivity index (χ0v) is 9.86. The molecule has 0 aliphatic carbocycles. The van der Waals surface area contributed by atoms with Gasteiger partial charge in [-0.1, -0.05) is 12.1 Å². The molecule has 0 aromatic heterocycles. The van der Waals surface area contributed by atoms with Gasteiger partial charge in [-0.15, -0.1) is 0 Å². The molecule has 2 aromatic rings. The van der Waals surface area contributed by atoms with E-state index in [2.05, 4.69) is 4.99 Å². The van der Waals surface area contributed by atoms with Gasteiger partial charge in [-0.25, -0.2) is 4.99 Å². The van der Waals surface area contributed by atoms with Crippen LogP contribution < -0.4 is 5.73 Å². The van der Waals surface area contributed by atoms with Gasteiger partial charge in [0, 0.05) is 5.69 Å². The summed E-state index contributed by atoms with van der Waals surface area (Å²) in [7, 11) is 0. The van der Waals surface area contributed by atoms with E-state index in [0.29, 0.717) is 5.71 Å². The molecule has 0 fully saturated rings. The Morgan fingerprint density at radius 3 is 2.76 bits per heavy atom. The Balaban J connectivity index is 2.67. The van der Waals surface area contributed by atoms with Gasteiger partial charge in [-0.05, 0) is 48.4 Å². The summed E-state index contributed by atoms with van der Waals surface area (Å²) in [6.07, 6.45) is 0. The Kier molecular flexibility index (Phi) is 2.80. The number of hydrogen-bond donors (Lipinski definition) is 1. The third-order valence-corrected chi connectivity index (χ3v) is 2.73. The van der Waals surface area contributed by atoms with Gasteiger partial charge in [0.15, 0.2) is 0 Å². The normalized spacial score (nSPS) is 11.5. The molecule has 0 saturated carbocycles. The van der Waals surface area contributed by atoms with Crippen molar-refractivity contribution in [2.45, 2.75) is 13.8 Å². The molecule has 3 nitrogen and oxygen atoms in total. The fourth-order valence-corrected chi connectivity index (χ4v) is 1.82. The van der Waals surface area contributed by atoms with Gasteiger partial charge in [-0.2, -0.15) is 5.26 Å². The van der Waals surface area contributed by atoms with Crippen LogP contribution in [0.2, 0.25) is 0 Å². The first-order chi connectivity index (χ1) is 8.11. The maximum atomic E-state index is 8.74. The second-order valence-electron chi connectivity index (χ2n) is 4.00. The minimum atomic E-state index is 0.461. The van der Waals surface area contributed by atoms with E-state index in [1.165, 1.54) is 0 Å². The van der Waals surface area contributed by atoms with Crippen LogP contribution >= 0.6 is 0 Å². The summed E-state index contributed by atoms with van der Waals surface area (Å²) in [6, 6.07) is 11.7. The Morgan fingerprint density at radius 2 is 2.06 bits per heavy atom. The number of benzene rings is 2. The Morgan fingerprint density at radius 1 is 1.29 bits per heavy atom. The molecule has 17 heavy (non-hydrogen) atoms. The van der Waals surface area contributed by atoms with Crippen LogP contribution in [0.4, 0.5) is 11.4 Å². The predicted octanol–water partition coefficient (Wildman–Crippen LogP) is 3.35. The molecule has 0 saturated heterocycles. The first-order valence-electron chi connectivity index (χ1n) is 5.36. The number of aryl methyl sites for hydroxylation is 1. The van der Waals surface area contributed by atoms with Crippen LogP contribution in [-0.2, 0) is 0 Å². The number of fused-ring (bicyclic) bond motifs is 1. The lowest BCUT2D eigenvalue weighted by atomic mass is 10.0. The topological polar surface area (TPSA) is 62.2 Å². The molecule has 2 rings (SSSR count). The van der Waals surface area contributed by atoms with Gasteiger partial charge in [0.25, 0.3) is 0 Å². The summed E-state index contributed by atoms with van der Waals surface area (Å²) in [6.45, 7) is 3.70. The molecule has 0 aliphatic heterocycles. The van der Waals surface area contributed by atoms with Crippen molar-refractivity contribution in [1.29, 1.82) is 5.26 Å². The molecular formula is C14H13N3. The average molecular weight is 223 g/mol. The number of rotatable bonds is 1. The van der Waals surface area contributed by atoms with E-state index in [9.17, 15) is 0 Å².